The Morgan fingerprint density at radius 3 is 2.76 bits per heavy atom. The van der Waals surface area contributed by atoms with Gasteiger partial charge < -0.3 is 9.47 Å². The highest BCUT2D eigenvalue weighted by Crippen LogP contribution is 2.32. The zero-order chi connectivity index (χ0) is 15.5. The topological polar surface area (TPSA) is 31.4 Å². The monoisotopic (exact) mass is 365 g/mol. The molecule has 0 amide bonds. The Labute approximate surface area is 129 Å². The molecular weight excluding hydrogens is 351 g/mol. The Morgan fingerprint density at radius 2 is 2.19 bits per heavy atom. The van der Waals surface area contributed by atoms with Gasteiger partial charge in [0.15, 0.2) is 6.10 Å². The molecule has 0 saturated carbocycles. The molecule has 0 N–H and O–H groups in total. The molecule has 1 fully saturated rings. The summed E-state index contributed by atoms with van der Waals surface area (Å²) in [4.78, 5) is 4.10. The maximum atomic E-state index is 12.5. The van der Waals surface area contributed by atoms with E-state index in [0.717, 1.165) is 10.0 Å². The van der Waals surface area contributed by atoms with Crippen LogP contribution in [-0.2, 0) is 4.74 Å². The van der Waals surface area contributed by atoms with E-state index in [2.05, 4.69) is 20.9 Å². The van der Waals surface area contributed by atoms with Crippen LogP contribution in [-0.4, -0.2) is 31.0 Å². The molecule has 1 aromatic heterocycles. The first-order valence-electron chi connectivity index (χ1n) is 6.46. The van der Waals surface area contributed by atoms with E-state index in [-0.39, 0.29) is 18.9 Å². The Morgan fingerprint density at radius 1 is 1.43 bits per heavy atom. The lowest BCUT2D eigenvalue weighted by Crippen LogP contribution is -2.37. The van der Waals surface area contributed by atoms with E-state index in [1.165, 1.54) is 7.11 Å². The number of methoxy groups -OCH3 is 1. The van der Waals surface area contributed by atoms with Gasteiger partial charge in [0.1, 0.15) is 0 Å². The minimum Gasteiger partial charge on any atom is -0.481 e. The van der Waals surface area contributed by atoms with Gasteiger partial charge in [0.2, 0.25) is 5.88 Å². The highest BCUT2D eigenvalue weighted by molar-refractivity contribution is 9.10. The average molecular weight is 366 g/mol. The average Bonchev–Trinajstić information content (AvgIpc) is 2.45. The van der Waals surface area contributed by atoms with Crippen molar-refractivity contribution in [2.75, 3.05) is 13.7 Å². The molecule has 0 aliphatic carbocycles. The van der Waals surface area contributed by atoms with Crippen molar-refractivity contribution in [3.8, 4) is 5.88 Å². The highest BCUT2D eigenvalue weighted by atomic mass is 79.9. The molecule has 21 heavy (non-hydrogen) atoms. The van der Waals surface area contributed by atoms with Gasteiger partial charge in [0.25, 0.3) is 0 Å². The number of ether oxygens (including phenoxy) is 2. The van der Waals surface area contributed by atoms with Crippen LogP contribution in [0.4, 0.5) is 13.2 Å². The number of hydrogen-bond donors (Lipinski definition) is 0. The van der Waals surface area contributed by atoms with Gasteiger partial charge in [-0.2, -0.15) is 13.2 Å². The van der Waals surface area contributed by atoms with E-state index in [9.17, 15) is 13.2 Å². The second kappa shape index (κ2) is 6.79. The molecule has 0 aromatic carbocycles. The van der Waals surface area contributed by atoms with E-state index in [0.29, 0.717) is 12.3 Å². The molecule has 1 saturated heterocycles. The van der Waals surface area contributed by atoms with Crippen molar-refractivity contribution < 1.29 is 22.6 Å². The van der Waals surface area contributed by atoms with Crippen molar-refractivity contribution in [1.29, 1.82) is 0 Å². The predicted molar refractivity (Wildman–Crippen MR) is 76.0 cm³/mol. The minimum absolute atomic E-state index is 0.00756. The fraction of sp³-hybridized carbons (Fsp3) is 0.500. The second-order valence-electron chi connectivity index (χ2n) is 4.81. The first kappa shape index (κ1) is 16.3. The number of pyridine rings is 1. The van der Waals surface area contributed by atoms with E-state index in [1.807, 2.05) is 12.1 Å². The molecule has 7 heteroatoms. The largest absolute Gasteiger partial charge is 0.481 e. The molecule has 0 spiro atoms. The molecule has 2 atom stereocenters. The number of hydrogen-bond acceptors (Lipinski definition) is 3. The van der Waals surface area contributed by atoms with Crippen molar-refractivity contribution >= 4 is 22.0 Å². The molecule has 2 heterocycles. The van der Waals surface area contributed by atoms with Gasteiger partial charge in [-0.3, -0.25) is 0 Å². The summed E-state index contributed by atoms with van der Waals surface area (Å²) in [6.45, 7) is 0.0738. The molecule has 3 nitrogen and oxygen atoms in total. The SMILES string of the molecule is COc1ncc(Br)cc1/C=C/C1CCC(C(F)(F)F)OC1. The van der Waals surface area contributed by atoms with Gasteiger partial charge >= 0.3 is 6.18 Å². The number of nitrogens with zero attached hydrogens (tertiary/aromatic N) is 1. The molecular formula is C14H15BrF3NO2. The van der Waals surface area contributed by atoms with Gasteiger partial charge in [0.05, 0.1) is 13.7 Å². The van der Waals surface area contributed by atoms with Crippen LogP contribution in [0.25, 0.3) is 6.08 Å². The second-order valence-corrected chi connectivity index (χ2v) is 5.73. The van der Waals surface area contributed by atoms with Crippen molar-refractivity contribution in [2.45, 2.75) is 25.1 Å². The Hall–Kier alpha value is -1.08. The fourth-order valence-electron chi connectivity index (χ4n) is 2.15. The molecule has 2 rings (SSSR count). The molecule has 1 aliphatic heterocycles. The summed E-state index contributed by atoms with van der Waals surface area (Å²) in [5.74, 6) is 0.437. The van der Waals surface area contributed by atoms with Gasteiger partial charge in [-0.25, -0.2) is 4.98 Å². The molecule has 2 unspecified atom stereocenters. The third-order valence-corrected chi connectivity index (χ3v) is 3.70. The third-order valence-electron chi connectivity index (χ3n) is 3.26. The van der Waals surface area contributed by atoms with Crippen LogP contribution in [0.2, 0.25) is 0 Å². The van der Waals surface area contributed by atoms with Crippen LogP contribution >= 0.6 is 15.9 Å². The minimum atomic E-state index is -4.27. The van der Waals surface area contributed by atoms with E-state index in [1.54, 1.807) is 12.3 Å². The first-order chi connectivity index (χ1) is 9.90. The van der Waals surface area contributed by atoms with Crippen LogP contribution in [0.15, 0.2) is 22.8 Å². The van der Waals surface area contributed by atoms with Crippen LogP contribution in [0.5, 0.6) is 5.88 Å². The van der Waals surface area contributed by atoms with Crippen LogP contribution in [0.1, 0.15) is 18.4 Å². The fourth-order valence-corrected chi connectivity index (χ4v) is 2.50. The van der Waals surface area contributed by atoms with Gasteiger partial charge in [-0.05, 0) is 34.8 Å². The Kier molecular flexibility index (Phi) is 5.27. The Balaban J connectivity index is 1.99. The summed E-state index contributed by atoms with van der Waals surface area (Å²) in [6, 6.07) is 1.84. The lowest BCUT2D eigenvalue weighted by molar-refractivity contribution is -0.233. The maximum Gasteiger partial charge on any atom is 0.414 e. The molecule has 1 aliphatic rings. The molecule has 1 aromatic rings. The first-order valence-corrected chi connectivity index (χ1v) is 7.25. The van der Waals surface area contributed by atoms with Crippen LogP contribution < -0.4 is 4.74 Å². The lowest BCUT2D eigenvalue weighted by Gasteiger charge is -2.28. The zero-order valence-electron chi connectivity index (χ0n) is 11.4. The Bertz CT molecular complexity index is 511. The number of alkyl halides is 3. The zero-order valence-corrected chi connectivity index (χ0v) is 12.9. The predicted octanol–water partition coefficient (Wildman–Crippen LogP) is 4.22. The summed E-state index contributed by atoms with van der Waals surface area (Å²) in [5, 5.41) is 0. The van der Waals surface area contributed by atoms with Crippen LogP contribution in [0.3, 0.4) is 0 Å². The van der Waals surface area contributed by atoms with Gasteiger partial charge in [-0.15, -0.1) is 0 Å². The van der Waals surface area contributed by atoms with Crippen molar-refractivity contribution in [3.63, 3.8) is 0 Å². The van der Waals surface area contributed by atoms with Gasteiger partial charge in [-0.1, -0.05) is 12.2 Å². The summed E-state index contributed by atoms with van der Waals surface area (Å²) in [5.41, 5.74) is 0.768. The number of rotatable bonds is 3. The molecule has 0 bridgehead atoms. The normalized spacial score (nSPS) is 23.5. The quantitative estimate of drug-likeness (QED) is 0.803. The van der Waals surface area contributed by atoms with E-state index in [4.69, 9.17) is 9.47 Å². The van der Waals surface area contributed by atoms with Crippen molar-refractivity contribution in [3.05, 3.63) is 28.4 Å². The smallest absolute Gasteiger partial charge is 0.414 e. The number of aromatic nitrogens is 1. The molecule has 0 radical (unpaired) electrons. The van der Waals surface area contributed by atoms with E-state index >= 15 is 0 Å². The summed E-state index contributed by atoms with van der Waals surface area (Å²) >= 11 is 3.32. The standard InChI is InChI=1S/C14H15BrF3NO2/c1-20-13-10(6-11(15)7-19-13)4-2-9-3-5-12(21-8-9)14(16,17)18/h2,4,6-7,9,12H,3,5,8H2,1H3/b4-2+. The van der Waals surface area contributed by atoms with E-state index < -0.39 is 12.3 Å². The maximum absolute atomic E-state index is 12.5. The number of halogens is 4. The lowest BCUT2D eigenvalue weighted by atomic mass is 9.97. The summed E-state index contributed by atoms with van der Waals surface area (Å²) in [7, 11) is 1.52. The van der Waals surface area contributed by atoms with Crippen LogP contribution in [0, 0.1) is 5.92 Å². The molecule has 116 valence electrons. The van der Waals surface area contributed by atoms with Crippen molar-refractivity contribution in [1.82, 2.24) is 4.98 Å². The van der Waals surface area contributed by atoms with Crippen molar-refractivity contribution in [2.24, 2.45) is 5.92 Å². The highest BCUT2D eigenvalue weighted by Gasteiger charge is 2.42. The summed E-state index contributed by atoms with van der Waals surface area (Å²) < 4.78 is 48.3. The third kappa shape index (κ3) is 4.44. The van der Waals surface area contributed by atoms with Gasteiger partial charge in [0, 0.05) is 22.2 Å². The summed E-state index contributed by atoms with van der Waals surface area (Å²) in [6.07, 6.45) is -0.197.